The van der Waals surface area contributed by atoms with Crippen LogP contribution in [0.2, 0.25) is 0 Å². The lowest BCUT2D eigenvalue weighted by molar-refractivity contribution is -0.133. The Labute approximate surface area is 117 Å². The second kappa shape index (κ2) is 7.05. The smallest absolute Gasteiger partial charge is 0.245 e. The topological polar surface area (TPSA) is 70.0 Å². The molecule has 19 heavy (non-hydrogen) atoms. The highest BCUT2D eigenvalue weighted by molar-refractivity contribution is 7.09. The monoisotopic (exact) mass is 278 g/mol. The van der Waals surface area contributed by atoms with Crippen LogP contribution in [0, 0.1) is 23.2 Å². The van der Waals surface area contributed by atoms with Crippen molar-refractivity contribution >= 4 is 23.0 Å². The highest BCUT2D eigenvalue weighted by atomic mass is 32.1. The minimum absolute atomic E-state index is 0.0799. The summed E-state index contributed by atoms with van der Waals surface area (Å²) in [6.45, 7) is 5.35. The predicted octanol–water partition coefficient (Wildman–Crippen LogP) is 2.16. The lowest BCUT2D eigenvalue weighted by Gasteiger charge is -2.15. The van der Waals surface area contributed by atoms with Crippen LogP contribution in [0.4, 0.5) is 0 Å². The van der Waals surface area contributed by atoms with E-state index in [2.05, 4.69) is 5.32 Å². The van der Waals surface area contributed by atoms with Gasteiger partial charge in [-0.25, -0.2) is 0 Å². The second-order valence-corrected chi connectivity index (χ2v) is 5.84. The first kappa shape index (κ1) is 15.4. The lowest BCUT2D eigenvalue weighted by atomic mass is 9.91. The van der Waals surface area contributed by atoms with Gasteiger partial charge in [0.15, 0.2) is 11.7 Å². The number of ketones is 1. The molecule has 2 atom stereocenters. The van der Waals surface area contributed by atoms with E-state index in [-0.39, 0.29) is 17.7 Å². The van der Waals surface area contributed by atoms with Crippen molar-refractivity contribution in [2.24, 2.45) is 11.8 Å². The number of nitrogens with one attached hydrogen (secondary N) is 1. The van der Waals surface area contributed by atoms with Crippen molar-refractivity contribution < 1.29 is 9.59 Å². The molecule has 1 amide bonds. The molecule has 0 fully saturated rings. The summed E-state index contributed by atoms with van der Waals surface area (Å²) in [5.74, 6) is -2.35. The van der Waals surface area contributed by atoms with E-state index >= 15 is 0 Å². The zero-order valence-corrected chi connectivity index (χ0v) is 12.2. The van der Waals surface area contributed by atoms with Crippen molar-refractivity contribution in [2.45, 2.75) is 33.2 Å². The number of carbonyl (C=O) groups is 2. The minimum atomic E-state index is -1.21. The Morgan fingerprint density at radius 1 is 1.42 bits per heavy atom. The van der Waals surface area contributed by atoms with Crippen LogP contribution in [0.15, 0.2) is 17.5 Å². The molecule has 0 aliphatic carbocycles. The summed E-state index contributed by atoms with van der Waals surface area (Å²) < 4.78 is 0. The first-order valence-electron chi connectivity index (χ1n) is 6.21. The van der Waals surface area contributed by atoms with Crippen LogP contribution in [-0.2, 0) is 16.0 Å². The van der Waals surface area contributed by atoms with Crippen LogP contribution in [0.5, 0.6) is 0 Å². The standard InChI is InChI=1S/C14H18N2O2S/c1-9(2)16-14(18)12(8-15)13(17)10(3)7-11-5-4-6-19-11/h4-6,9-10,12H,7H2,1-3H3,(H,16,18). The van der Waals surface area contributed by atoms with Crippen molar-refractivity contribution in [3.05, 3.63) is 22.4 Å². The molecule has 0 aliphatic rings. The molecule has 1 N–H and O–H groups in total. The Morgan fingerprint density at radius 3 is 2.58 bits per heavy atom. The number of thiophene rings is 1. The van der Waals surface area contributed by atoms with Gasteiger partial charge >= 0.3 is 0 Å². The molecule has 2 unspecified atom stereocenters. The fourth-order valence-electron chi connectivity index (χ4n) is 1.73. The number of amides is 1. The van der Waals surface area contributed by atoms with Crippen molar-refractivity contribution in [1.82, 2.24) is 5.32 Å². The SMILES string of the molecule is CC(C)NC(=O)C(C#N)C(=O)C(C)Cc1cccs1. The summed E-state index contributed by atoms with van der Waals surface area (Å²) in [4.78, 5) is 25.0. The zero-order valence-electron chi connectivity index (χ0n) is 11.3. The highest BCUT2D eigenvalue weighted by Gasteiger charge is 2.30. The van der Waals surface area contributed by atoms with E-state index in [1.165, 1.54) is 0 Å². The van der Waals surface area contributed by atoms with Gasteiger partial charge in [-0.3, -0.25) is 9.59 Å². The van der Waals surface area contributed by atoms with Gasteiger partial charge in [0.2, 0.25) is 5.91 Å². The van der Waals surface area contributed by atoms with Crippen molar-refractivity contribution in [1.29, 1.82) is 5.26 Å². The third kappa shape index (κ3) is 4.49. The quantitative estimate of drug-likeness (QED) is 0.811. The first-order valence-corrected chi connectivity index (χ1v) is 7.09. The van der Waals surface area contributed by atoms with Gasteiger partial charge in [-0.05, 0) is 31.7 Å². The molecule has 4 nitrogen and oxygen atoms in total. The maximum Gasteiger partial charge on any atom is 0.245 e. The number of nitriles is 1. The van der Waals surface area contributed by atoms with Gasteiger partial charge in [0.25, 0.3) is 0 Å². The first-order chi connectivity index (χ1) is 8.95. The van der Waals surface area contributed by atoms with Gasteiger partial charge < -0.3 is 5.32 Å². The number of rotatable bonds is 6. The van der Waals surface area contributed by atoms with E-state index in [1.807, 2.05) is 23.6 Å². The fraction of sp³-hybridized carbons (Fsp3) is 0.500. The Balaban J connectivity index is 2.68. The molecule has 0 aromatic carbocycles. The van der Waals surface area contributed by atoms with Crippen LogP contribution in [0.25, 0.3) is 0 Å². The van der Waals surface area contributed by atoms with Crippen LogP contribution < -0.4 is 5.32 Å². The summed E-state index contributed by atoms with van der Waals surface area (Å²) in [6.07, 6.45) is 0.573. The molecule has 1 aromatic rings. The van der Waals surface area contributed by atoms with Crippen LogP contribution in [0.1, 0.15) is 25.6 Å². The van der Waals surface area contributed by atoms with E-state index in [4.69, 9.17) is 5.26 Å². The van der Waals surface area contributed by atoms with Gasteiger partial charge in [-0.2, -0.15) is 5.26 Å². The molecule has 0 radical (unpaired) electrons. The molecule has 0 saturated heterocycles. The van der Waals surface area contributed by atoms with Gasteiger partial charge in [0, 0.05) is 16.8 Å². The Kier molecular flexibility index (Phi) is 5.71. The van der Waals surface area contributed by atoms with Gasteiger partial charge in [0.05, 0.1) is 6.07 Å². The normalized spacial score (nSPS) is 13.6. The molecule has 0 bridgehead atoms. The molecule has 1 heterocycles. The highest BCUT2D eigenvalue weighted by Crippen LogP contribution is 2.17. The van der Waals surface area contributed by atoms with E-state index in [0.29, 0.717) is 6.42 Å². The van der Waals surface area contributed by atoms with Crippen molar-refractivity contribution in [3.63, 3.8) is 0 Å². The van der Waals surface area contributed by atoms with E-state index in [0.717, 1.165) is 4.88 Å². The number of Topliss-reactive ketones (excluding diaryl/α,β-unsaturated/α-hetero) is 1. The van der Waals surface area contributed by atoms with Gasteiger partial charge in [-0.1, -0.05) is 13.0 Å². The van der Waals surface area contributed by atoms with Gasteiger partial charge in [-0.15, -0.1) is 11.3 Å². The second-order valence-electron chi connectivity index (χ2n) is 4.81. The molecular weight excluding hydrogens is 260 g/mol. The average Bonchev–Trinajstić information content (AvgIpc) is 2.81. The maximum absolute atomic E-state index is 12.1. The summed E-state index contributed by atoms with van der Waals surface area (Å²) in [7, 11) is 0. The summed E-state index contributed by atoms with van der Waals surface area (Å²) in [5.41, 5.74) is 0. The third-order valence-corrected chi connectivity index (χ3v) is 3.58. The summed E-state index contributed by atoms with van der Waals surface area (Å²) in [6, 6.07) is 5.60. The number of hydrogen-bond donors (Lipinski definition) is 1. The van der Waals surface area contributed by atoms with Crippen molar-refractivity contribution in [3.8, 4) is 6.07 Å². The van der Waals surface area contributed by atoms with Crippen LogP contribution in [0.3, 0.4) is 0 Å². The number of nitrogens with zero attached hydrogens (tertiary/aromatic N) is 1. The largest absolute Gasteiger partial charge is 0.352 e. The Morgan fingerprint density at radius 2 is 2.11 bits per heavy atom. The van der Waals surface area contributed by atoms with Crippen LogP contribution >= 0.6 is 11.3 Å². The van der Waals surface area contributed by atoms with Crippen molar-refractivity contribution in [2.75, 3.05) is 0 Å². The predicted molar refractivity (Wildman–Crippen MR) is 74.6 cm³/mol. The molecule has 102 valence electrons. The van der Waals surface area contributed by atoms with E-state index < -0.39 is 11.8 Å². The Bertz CT molecular complexity index is 474. The zero-order chi connectivity index (χ0) is 14.4. The molecule has 0 spiro atoms. The number of hydrogen-bond acceptors (Lipinski definition) is 4. The molecular formula is C14H18N2O2S. The minimum Gasteiger partial charge on any atom is -0.352 e. The van der Waals surface area contributed by atoms with E-state index in [1.54, 1.807) is 32.1 Å². The number of carbonyl (C=O) groups excluding carboxylic acids is 2. The molecule has 0 aliphatic heterocycles. The molecule has 0 saturated carbocycles. The van der Waals surface area contributed by atoms with E-state index in [9.17, 15) is 9.59 Å². The van der Waals surface area contributed by atoms with Gasteiger partial charge in [0.1, 0.15) is 0 Å². The Hall–Kier alpha value is -1.67. The maximum atomic E-state index is 12.1. The average molecular weight is 278 g/mol. The third-order valence-electron chi connectivity index (χ3n) is 2.68. The fourth-order valence-corrected chi connectivity index (χ4v) is 2.57. The van der Waals surface area contributed by atoms with Crippen LogP contribution in [-0.4, -0.2) is 17.7 Å². The lowest BCUT2D eigenvalue weighted by Crippen LogP contribution is -2.40. The summed E-state index contributed by atoms with van der Waals surface area (Å²) >= 11 is 1.57. The molecule has 1 aromatic heterocycles. The molecule has 1 rings (SSSR count). The summed E-state index contributed by atoms with van der Waals surface area (Å²) in [5, 5.41) is 13.6. The molecule has 5 heteroatoms.